The summed E-state index contributed by atoms with van der Waals surface area (Å²) in [6.45, 7) is 28.7. The van der Waals surface area contributed by atoms with E-state index < -0.39 is 0 Å². The van der Waals surface area contributed by atoms with Crippen molar-refractivity contribution in [3.8, 4) is 27.9 Å². The van der Waals surface area contributed by atoms with Gasteiger partial charge in [0.25, 0.3) is 0 Å². The van der Waals surface area contributed by atoms with Gasteiger partial charge < -0.3 is 9.38 Å². The van der Waals surface area contributed by atoms with Gasteiger partial charge in [0, 0.05) is 59.0 Å². The first-order chi connectivity index (χ1) is 30.7. The van der Waals surface area contributed by atoms with Crippen molar-refractivity contribution < 1.29 is 0 Å². The Morgan fingerprint density at radius 1 is 0.508 bits per heavy atom. The summed E-state index contributed by atoms with van der Waals surface area (Å²) in [7, 11) is 0. The molecule has 322 valence electrons. The molecule has 7 aromatic carbocycles. The third-order valence-corrected chi connectivity index (χ3v) is 17.9. The minimum absolute atomic E-state index is 0.0198. The molecule has 4 aliphatic rings. The third kappa shape index (κ3) is 5.24. The molecule has 4 heterocycles. The smallest absolute Gasteiger partial charge is 0.333 e. The van der Waals surface area contributed by atoms with Crippen LogP contribution in [-0.2, 0) is 27.1 Å². The number of hydrogen-bond donors (Lipinski definition) is 0. The van der Waals surface area contributed by atoms with E-state index in [2.05, 4.69) is 208 Å². The Kier molecular flexibility index (Phi) is 7.61. The number of hydrogen-bond acceptors (Lipinski definition) is 2. The van der Waals surface area contributed by atoms with Crippen LogP contribution in [0.3, 0.4) is 0 Å². The zero-order valence-corrected chi connectivity index (χ0v) is 41.1. The summed E-state index contributed by atoms with van der Waals surface area (Å²) in [4.78, 5) is 2.74. The van der Waals surface area contributed by atoms with Crippen molar-refractivity contribution in [2.24, 2.45) is 0 Å². The Bertz CT molecular complexity index is 3600. The van der Waals surface area contributed by atoms with E-state index in [1.54, 1.807) is 0 Å². The molecule has 0 spiro atoms. The average molecular weight is 863 g/mol. The van der Waals surface area contributed by atoms with Gasteiger partial charge in [-0.15, -0.1) is 11.3 Å². The van der Waals surface area contributed by atoms with Crippen LogP contribution in [0.1, 0.15) is 129 Å². The molecule has 0 radical (unpaired) electrons. The monoisotopic (exact) mass is 862 g/mol. The molecule has 9 aromatic rings. The molecule has 2 nitrogen and oxygen atoms in total. The van der Waals surface area contributed by atoms with Crippen molar-refractivity contribution in [2.45, 2.75) is 123 Å². The quantitative estimate of drug-likeness (QED) is 0.149. The van der Waals surface area contributed by atoms with E-state index in [0.29, 0.717) is 0 Å². The predicted molar refractivity (Wildman–Crippen MR) is 283 cm³/mol. The maximum absolute atomic E-state index is 2.74. The van der Waals surface area contributed by atoms with Crippen LogP contribution in [0.4, 0.5) is 11.4 Å². The highest BCUT2D eigenvalue weighted by atomic mass is 32.1. The van der Waals surface area contributed by atoms with E-state index >= 15 is 0 Å². The van der Waals surface area contributed by atoms with E-state index in [-0.39, 0.29) is 33.9 Å². The average Bonchev–Trinajstić information content (AvgIpc) is 3.86. The van der Waals surface area contributed by atoms with Gasteiger partial charge in [-0.25, -0.2) is 0 Å². The van der Waals surface area contributed by atoms with Gasteiger partial charge in [0.15, 0.2) is 0 Å². The van der Waals surface area contributed by atoms with Gasteiger partial charge in [0.1, 0.15) is 0 Å². The molecule has 2 aromatic heterocycles. The van der Waals surface area contributed by atoms with Crippen molar-refractivity contribution in [3.63, 3.8) is 0 Å². The van der Waals surface area contributed by atoms with Gasteiger partial charge in [0.2, 0.25) is 0 Å². The molecule has 0 saturated carbocycles. The molecule has 0 unspecified atom stereocenters. The minimum atomic E-state index is -0.0830. The van der Waals surface area contributed by atoms with Crippen LogP contribution >= 0.6 is 11.3 Å². The van der Waals surface area contributed by atoms with Crippen LogP contribution in [-0.4, -0.2) is 11.4 Å². The lowest BCUT2D eigenvalue weighted by Gasteiger charge is -2.42. The van der Waals surface area contributed by atoms with Crippen molar-refractivity contribution in [3.05, 3.63) is 149 Å². The molecule has 0 fully saturated rings. The largest absolute Gasteiger partial charge is 0.376 e. The lowest BCUT2D eigenvalue weighted by atomic mass is 9.43. The Hall–Kier alpha value is -5.58. The van der Waals surface area contributed by atoms with Crippen LogP contribution in [0.5, 0.6) is 0 Å². The van der Waals surface area contributed by atoms with Gasteiger partial charge in [0.05, 0.1) is 11.0 Å². The molecule has 2 aliphatic carbocycles. The SMILES string of the molecule is CC(C)(C)c1ccc(N2B3c4cc(C(C)(C)C)ccc4-n4c5cc6c(cc5c5ccc(c3c54)-c3cc4sc5cc7c(cc5c4cc32)C(C)(C)CCC7(C)C)C(C)(C)c2ccccc2-6)cc1. The van der Waals surface area contributed by atoms with Crippen LogP contribution in [0.2, 0.25) is 0 Å². The summed E-state index contributed by atoms with van der Waals surface area (Å²) in [5.74, 6) is 0. The van der Waals surface area contributed by atoms with Crippen LogP contribution in [0.15, 0.2) is 115 Å². The molecule has 13 rings (SSSR count). The fourth-order valence-electron chi connectivity index (χ4n) is 12.8. The molecular formula is C61H59BN2S. The van der Waals surface area contributed by atoms with E-state index in [4.69, 9.17) is 0 Å². The second-order valence-electron chi connectivity index (χ2n) is 24.1. The Morgan fingerprint density at radius 2 is 1.15 bits per heavy atom. The molecule has 0 amide bonds. The first-order valence-electron chi connectivity index (χ1n) is 24.1. The number of aromatic nitrogens is 1. The summed E-state index contributed by atoms with van der Waals surface area (Å²) in [6, 6.07) is 46.5. The van der Waals surface area contributed by atoms with Gasteiger partial charge >= 0.3 is 6.85 Å². The first-order valence-corrected chi connectivity index (χ1v) is 24.9. The van der Waals surface area contributed by atoms with Crippen LogP contribution in [0.25, 0.3) is 69.9 Å². The van der Waals surface area contributed by atoms with Gasteiger partial charge in [-0.3, -0.25) is 0 Å². The summed E-state index contributed by atoms with van der Waals surface area (Å²) in [6.07, 6.45) is 2.43. The van der Waals surface area contributed by atoms with Gasteiger partial charge in [-0.1, -0.05) is 144 Å². The molecule has 4 heteroatoms. The zero-order valence-electron chi connectivity index (χ0n) is 40.3. The molecule has 2 aliphatic heterocycles. The van der Waals surface area contributed by atoms with Crippen molar-refractivity contribution in [1.82, 2.24) is 4.57 Å². The normalized spacial score (nSPS) is 17.4. The molecule has 0 atom stereocenters. The van der Waals surface area contributed by atoms with Crippen LogP contribution < -0.4 is 15.7 Å². The summed E-state index contributed by atoms with van der Waals surface area (Å²) >= 11 is 1.99. The lowest BCUT2D eigenvalue weighted by molar-refractivity contribution is 0.332. The molecule has 65 heavy (non-hydrogen) atoms. The number of fused-ring (bicyclic) bond motifs is 15. The number of benzene rings is 7. The fourth-order valence-corrected chi connectivity index (χ4v) is 13.9. The third-order valence-electron chi connectivity index (χ3n) is 16.8. The summed E-state index contributed by atoms with van der Waals surface area (Å²) in [5.41, 5.74) is 23.6. The highest BCUT2D eigenvalue weighted by molar-refractivity contribution is 7.25. The number of thiophene rings is 1. The van der Waals surface area contributed by atoms with Crippen molar-refractivity contribution in [2.75, 3.05) is 4.81 Å². The van der Waals surface area contributed by atoms with E-state index in [1.165, 1.54) is 138 Å². The maximum atomic E-state index is 2.74. The second-order valence-corrected chi connectivity index (χ2v) is 25.1. The van der Waals surface area contributed by atoms with Crippen molar-refractivity contribution in [1.29, 1.82) is 0 Å². The van der Waals surface area contributed by atoms with E-state index in [1.807, 2.05) is 11.3 Å². The van der Waals surface area contributed by atoms with Gasteiger partial charge in [-0.05, 0) is 150 Å². The Morgan fingerprint density at radius 3 is 1.88 bits per heavy atom. The second kappa shape index (κ2) is 12.4. The molecular weight excluding hydrogens is 804 g/mol. The standard InChI is InChI=1S/C61H59BN2S/c1-57(2,3)34-17-20-36(21-18-34)64-52-31-44-43-29-47-48(60(9,10)26-25-59(47,7)8)33-54(43)65-53(44)32-42(52)38-22-23-39-41-28-46-40(37-15-13-14-16-45(37)61(46,11)12)30-51(41)63-50-24-19-35(58(4,5)6)27-49(50)62(64)55(38)56(39)63/h13-24,27-33H,25-26H2,1-12H3. The summed E-state index contributed by atoms with van der Waals surface area (Å²) < 4.78 is 5.44. The van der Waals surface area contributed by atoms with E-state index in [0.717, 1.165) is 0 Å². The lowest BCUT2D eigenvalue weighted by Crippen LogP contribution is -2.60. The highest BCUT2D eigenvalue weighted by Crippen LogP contribution is 2.54. The summed E-state index contributed by atoms with van der Waals surface area (Å²) in [5, 5.41) is 5.46. The number of rotatable bonds is 1. The van der Waals surface area contributed by atoms with E-state index in [9.17, 15) is 0 Å². The van der Waals surface area contributed by atoms with Gasteiger partial charge in [-0.2, -0.15) is 0 Å². The van der Waals surface area contributed by atoms with Crippen LogP contribution in [0, 0.1) is 0 Å². The maximum Gasteiger partial charge on any atom is 0.333 e. The molecule has 0 saturated heterocycles. The predicted octanol–water partition coefficient (Wildman–Crippen LogP) is 15.6. The number of nitrogens with zero attached hydrogens (tertiary/aromatic N) is 2. The minimum Gasteiger partial charge on any atom is -0.376 e. The topological polar surface area (TPSA) is 8.17 Å². The molecule has 0 bridgehead atoms. The Labute approximate surface area is 389 Å². The fraction of sp³-hybridized carbons (Fsp3) is 0.311. The first kappa shape index (κ1) is 39.8. The highest BCUT2D eigenvalue weighted by Gasteiger charge is 2.46. The Balaban J connectivity index is 1.16. The number of anilines is 2. The molecule has 0 N–H and O–H groups in total. The zero-order chi connectivity index (χ0) is 45.1. The van der Waals surface area contributed by atoms with Crippen molar-refractivity contribution >= 4 is 82.5 Å².